The highest BCUT2D eigenvalue weighted by molar-refractivity contribution is 5.40. The summed E-state index contributed by atoms with van der Waals surface area (Å²) in [5.41, 5.74) is 0.584. The molecule has 2 aromatic rings. The summed E-state index contributed by atoms with van der Waals surface area (Å²) >= 11 is 0. The molecule has 0 spiro atoms. The molecule has 0 aliphatic carbocycles. The Kier molecular flexibility index (Phi) is 4.41. The number of benzene rings is 2. The Bertz CT molecular complexity index is 570. The van der Waals surface area contributed by atoms with Gasteiger partial charge >= 0.3 is 0 Å². The second-order valence-corrected chi connectivity index (χ2v) is 4.06. The summed E-state index contributed by atoms with van der Waals surface area (Å²) in [6.45, 7) is 2.78. The first-order chi connectivity index (χ1) is 9.31. The molecule has 0 saturated carbocycles. The highest BCUT2D eigenvalue weighted by Gasteiger charge is 1.99. The third-order valence-corrected chi connectivity index (χ3v) is 2.50. The van der Waals surface area contributed by atoms with E-state index in [2.05, 4.69) is 13.0 Å². The molecular weight excluding hydrogens is 238 g/mol. The van der Waals surface area contributed by atoms with E-state index in [1.165, 1.54) is 0 Å². The smallest absolute Gasteiger partial charge is 0.128 e. The van der Waals surface area contributed by atoms with E-state index in [1.54, 1.807) is 18.2 Å². The average molecular weight is 253 g/mol. The first-order valence-corrected chi connectivity index (χ1v) is 6.22. The van der Waals surface area contributed by atoms with Crippen molar-refractivity contribution in [1.29, 1.82) is 5.26 Å². The van der Waals surface area contributed by atoms with E-state index in [0.717, 1.165) is 17.9 Å². The van der Waals surface area contributed by atoms with Crippen LogP contribution in [0.1, 0.15) is 18.9 Å². The summed E-state index contributed by atoms with van der Waals surface area (Å²) in [4.78, 5) is 0. The lowest BCUT2D eigenvalue weighted by Gasteiger charge is -2.08. The van der Waals surface area contributed by atoms with E-state index in [-0.39, 0.29) is 0 Å². The van der Waals surface area contributed by atoms with E-state index >= 15 is 0 Å². The molecule has 0 heterocycles. The molecular formula is C16H15NO2. The van der Waals surface area contributed by atoms with Crippen molar-refractivity contribution < 1.29 is 9.47 Å². The minimum atomic E-state index is 0.584. The molecule has 2 rings (SSSR count). The van der Waals surface area contributed by atoms with Crippen molar-refractivity contribution in [3.05, 3.63) is 54.1 Å². The summed E-state index contributed by atoms with van der Waals surface area (Å²) in [5.74, 6) is 2.21. The van der Waals surface area contributed by atoms with Gasteiger partial charge in [-0.05, 0) is 48.9 Å². The lowest BCUT2D eigenvalue weighted by atomic mass is 10.2. The minimum absolute atomic E-state index is 0.584. The highest BCUT2D eigenvalue weighted by atomic mass is 16.5. The topological polar surface area (TPSA) is 42.2 Å². The van der Waals surface area contributed by atoms with E-state index in [1.807, 2.05) is 30.3 Å². The molecule has 2 aromatic carbocycles. The molecule has 0 bridgehead atoms. The van der Waals surface area contributed by atoms with Crippen molar-refractivity contribution in [1.82, 2.24) is 0 Å². The standard InChI is InChI=1S/C16H15NO2/c1-2-10-18-14-6-8-15(9-7-14)19-16-5-3-4-13(11-16)12-17/h3-9,11H,2,10H2,1H3. The van der Waals surface area contributed by atoms with Gasteiger partial charge in [0.2, 0.25) is 0 Å². The monoisotopic (exact) mass is 253 g/mol. The predicted octanol–water partition coefficient (Wildman–Crippen LogP) is 4.14. The Morgan fingerprint density at radius 3 is 2.42 bits per heavy atom. The normalized spacial score (nSPS) is 9.68. The maximum atomic E-state index is 8.82. The van der Waals surface area contributed by atoms with Crippen molar-refractivity contribution in [2.24, 2.45) is 0 Å². The van der Waals surface area contributed by atoms with Gasteiger partial charge in [0.25, 0.3) is 0 Å². The van der Waals surface area contributed by atoms with Crippen LogP contribution >= 0.6 is 0 Å². The number of rotatable bonds is 5. The van der Waals surface area contributed by atoms with Gasteiger partial charge in [0.05, 0.1) is 18.2 Å². The quantitative estimate of drug-likeness (QED) is 0.804. The zero-order valence-corrected chi connectivity index (χ0v) is 10.8. The molecule has 19 heavy (non-hydrogen) atoms. The van der Waals surface area contributed by atoms with Crippen LogP contribution in [0, 0.1) is 11.3 Å². The first kappa shape index (κ1) is 13.0. The SMILES string of the molecule is CCCOc1ccc(Oc2cccc(C#N)c2)cc1. The van der Waals surface area contributed by atoms with Crippen molar-refractivity contribution >= 4 is 0 Å². The van der Waals surface area contributed by atoms with Gasteiger partial charge < -0.3 is 9.47 Å². The van der Waals surface area contributed by atoms with Gasteiger partial charge in [0, 0.05) is 0 Å². The molecule has 0 unspecified atom stereocenters. The Balaban J connectivity index is 2.04. The maximum Gasteiger partial charge on any atom is 0.128 e. The molecule has 0 radical (unpaired) electrons. The van der Waals surface area contributed by atoms with Gasteiger partial charge in [-0.2, -0.15) is 5.26 Å². The minimum Gasteiger partial charge on any atom is -0.494 e. The van der Waals surface area contributed by atoms with E-state index in [4.69, 9.17) is 14.7 Å². The van der Waals surface area contributed by atoms with Gasteiger partial charge in [-0.15, -0.1) is 0 Å². The lowest BCUT2D eigenvalue weighted by molar-refractivity contribution is 0.317. The molecule has 3 nitrogen and oxygen atoms in total. The summed E-state index contributed by atoms with van der Waals surface area (Å²) < 4.78 is 11.2. The fraction of sp³-hybridized carbons (Fsp3) is 0.188. The zero-order valence-electron chi connectivity index (χ0n) is 10.8. The highest BCUT2D eigenvalue weighted by Crippen LogP contribution is 2.24. The van der Waals surface area contributed by atoms with Crippen LogP contribution in [0.3, 0.4) is 0 Å². The third-order valence-electron chi connectivity index (χ3n) is 2.50. The predicted molar refractivity (Wildman–Crippen MR) is 73.5 cm³/mol. The lowest BCUT2D eigenvalue weighted by Crippen LogP contribution is -1.94. The molecule has 0 aliphatic heterocycles. The molecule has 0 saturated heterocycles. The Morgan fingerprint density at radius 1 is 1.00 bits per heavy atom. The molecule has 96 valence electrons. The fourth-order valence-electron chi connectivity index (χ4n) is 1.59. The Morgan fingerprint density at radius 2 is 1.74 bits per heavy atom. The van der Waals surface area contributed by atoms with Crippen LogP contribution in [-0.4, -0.2) is 6.61 Å². The number of hydrogen-bond acceptors (Lipinski definition) is 3. The van der Waals surface area contributed by atoms with Crippen LogP contribution in [0.4, 0.5) is 0 Å². The number of nitrogens with zero attached hydrogens (tertiary/aromatic N) is 1. The van der Waals surface area contributed by atoms with Crippen molar-refractivity contribution in [3.63, 3.8) is 0 Å². The zero-order chi connectivity index (χ0) is 13.5. The third kappa shape index (κ3) is 3.75. The second kappa shape index (κ2) is 6.46. The second-order valence-electron chi connectivity index (χ2n) is 4.06. The van der Waals surface area contributed by atoms with E-state index < -0.39 is 0 Å². The van der Waals surface area contributed by atoms with Crippen LogP contribution in [0.15, 0.2) is 48.5 Å². The number of ether oxygens (including phenoxy) is 2. The fourth-order valence-corrected chi connectivity index (χ4v) is 1.59. The molecule has 3 heteroatoms. The molecule has 0 aliphatic rings. The van der Waals surface area contributed by atoms with E-state index in [9.17, 15) is 0 Å². The van der Waals surface area contributed by atoms with Crippen LogP contribution in [-0.2, 0) is 0 Å². The van der Waals surface area contributed by atoms with Crippen LogP contribution in [0.25, 0.3) is 0 Å². The van der Waals surface area contributed by atoms with Gasteiger partial charge in [-0.25, -0.2) is 0 Å². The summed E-state index contributed by atoms with van der Waals surface area (Å²) in [5, 5.41) is 8.82. The molecule has 0 atom stereocenters. The Hall–Kier alpha value is -2.47. The average Bonchev–Trinajstić information content (AvgIpc) is 2.47. The van der Waals surface area contributed by atoms with E-state index in [0.29, 0.717) is 17.9 Å². The van der Waals surface area contributed by atoms with Crippen molar-refractivity contribution in [2.75, 3.05) is 6.61 Å². The summed E-state index contributed by atoms with van der Waals surface area (Å²) in [6.07, 6.45) is 0.985. The van der Waals surface area contributed by atoms with Crippen LogP contribution in [0.2, 0.25) is 0 Å². The van der Waals surface area contributed by atoms with Gasteiger partial charge in [-0.1, -0.05) is 13.0 Å². The van der Waals surface area contributed by atoms with Crippen molar-refractivity contribution in [2.45, 2.75) is 13.3 Å². The molecule has 0 N–H and O–H groups in total. The van der Waals surface area contributed by atoms with Gasteiger partial charge in [0.1, 0.15) is 17.2 Å². The molecule has 0 aromatic heterocycles. The van der Waals surface area contributed by atoms with Crippen molar-refractivity contribution in [3.8, 4) is 23.3 Å². The molecule has 0 amide bonds. The Labute approximate surface area is 113 Å². The first-order valence-electron chi connectivity index (χ1n) is 6.22. The maximum absolute atomic E-state index is 8.82. The van der Waals surface area contributed by atoms with Gasteiger partial charge in [-0.3, -0.25) is 0 Å². The van der Waals surface area contributed by atoms with Crippen LogP contribution < -0.4 is 9.47 Å². The number of nitriles is 1. The van der Waals surface area contributed by atoms with Gasteiger partial charge in [0.15, 0.2) is 0 Å². The summed E-state index contributed by atoms with van der Waals surface area (Å²) in [6, 6.07) is 16.6. The molecule has 0 fully saturated rings. The summed E-state index contributed by atoms with van der Waals surface area (Å²) in [7, 11) is 0. The number of hydrogen-bond donors (Lipinski definition) is 0. The largest absolute Gasteiger partial charge is 0.494 e. The van der Waals surface area contributed by atoms with Crippen LogP contribution in [0.5, 0.6) is 17.2 Å².